The maximum Gasteiger partial charge on any atom is 0.416 e. The van der Waals surface area contributed by atoms with E-state index >= 15 is 0 Å². The minimum absolute atomic E-state index is 0.00360. The van der Waals surface area contributed by atoms with Crippen LogP contribution in [0.3, 0.4) is 0 Å². The molecule has 0 aliphatic heterocycles. The summed E-state index contributed by atoms with van der Waals surface area (Å²) in [5.41, 5.74) is 4.71. The third-order valence-corrected chi connectivity index (χ3v) is 4.77. The predicted molar refractivity (Wildman–Crippen MR) is 78.3 cm³/mol. The second kappa shape index (κ2) is 6.17. The van der Waals surface area contributed by atoms with Gasteiger partial charge in [-0.2, -0.15) is 24.9 Å². The standard InChI is InChI=1S/C14H17F3N2OS/c1-21-10-4-3-9(7-10)19-13(20)11-6-8(14(15,16)17)2-5-12(11)18/h2,5-6,9-10H,3-4,7,18H2,1H3,(H,19,20)/t9-,10-/m0/s1. The number of halogens is 3. The Labute approximate surface area is 125 Å². The Morgan fingerprint density at radius 1 is 1.38 bits per heavy atom. The van der Waals surface area contributed by atoms with Crippen molar-refractivity contribution in [1.29, 1.82) is 0 Å². The molecule has 1 aromatic rings. The van der Waals surface area contributed by atoms with E-state index in [9.17, 15) is 18.0 Å². The number of nitrogens with two attached hydrogens (primary N) is 1. The summed E-state index contributed by atoms with van der Waals surface area (Å²) < 4.78 is 38.1. The van der Waals surface area contributed by atoms with Crippen molar-refractivity contribution in [2.45, 2.75) is 36.7 Å². The molecule has 1 amide bonds. The van der Waals surface area contributed by atoms with Crippen molar-refractivity contribution < 1.29 is 18.0 Å². The molecule has 1 aromatic carbocycles. The fourth-order valence-electron chi connectivity index (χ4n) is 2.48. The Morgan fingerprint density at radius 2 is 2.10 bits per heavy atom. The van der Waals surface area contributed by atoms with Gasteiger partial charge in [0.05, 0.1) is 11.1 Å². The zero-order chi connectivity index (χ0) is 15.6. The predicted octanol–water partition coefficient (Wildman–Crippen LogP) is 3.30. The lowest BCUT2D eigenvalue weighted by Crippen LogP contribution is -2.33. The molecule has 1 aliphatic carbocycles. The van der Waals surface area contributed by atoms with Crippen LogP contribution < -0.4 is 11.1 Å². The Bertz CT molecular complexity index is 533. The average molecular weight is 318 g/mol. The molecule has 2 rings (SSSR count). The van der Waals surface area contributed by atoms with E-state index in [2.05, 4.69) is 5.32 Å². The first-order valence-electron chi connectivity index (χ1n) is 6.61. The van der Waals surface area contributed by atoms with Crippen LogP contribution in [0.15, 0.2) is 18.2 Å². The first-order valence-corrected chi connectivity index (χ1v) is 7.90. The van der Waals surface area contributed by atoms with Crippen LogP contribution in [0.5, 0.6) is 0 Å². The van der Waals surface area contributed by atoms with Gasteiger partial charge in [0, 0.05) is 17.0 Å². The summed E-state index contributed by atoms with van der Waals surface area (Å²) in [7, 11) is 0. The van der Waals surface area contributed by atoms with E-state index in [4.69, 9.17) is 5.73 Å². The Morgan fingerprint density at radius 3 is 2.67 bits per heavy atom. The van der Waals surface area contributed by atoms with Crippen LogP contribution in [-0.4, -0.2) is 23.5 Å². The van der Waals surface area contributed by atoms with Crippen LogP contribution in [-0.2, 0) is 6.18 Å². The quantitative estimate of drug-likeness (QED) is 0.841. The van der Waals surface area contributed by atoms with Crippen LogP contribution in [0.25, 0.3) is 0 Å². The number of hydrogen-bond acceptors (Lipinski definition) is 3. The zero-order valence-electron chi connectivity index (χ0n) is 11.5. The molecule has 1 saturated carbocycles. The van der Waals surface area contributed by atoms with Gasteiger partial charge in [-0.1, -0.05) is 0 Å². The number of thioether (sulfide) groups is 1. The van der Waals surface area contributed by atoms with Crippen LogP contribution in [0, 0.1) is 0 Å². The van der Waals surface area contributed by atoms with Gasteiger partial charge >= 0.3 is 6.18 Å². The normalized spacial score (nSPS) is 22.3. The van der Waals surface area contributed by atoms with Crippen molar-refractivity contribution in [2.75, 3.05) is 12.0 Å². The summed E-state index contributed by atoms with van der Waals surface area (Å²) >= 11 is 1.74. The highest BCUT2D eigenvalue weighted by Crippen LogP contribution is 2.32. The van der Waals surface area contributed by atoms with Crippen molar-refractivity contribution in [2.24, 2.45) is 0 Å². The van der Waals surface area contributed by atoms with E-state index in [1.54, 1.807) is 11.8 Å². The molecule has 0 spiro atoms. The third-order valence-electron chi connectivity index (χ3n) is 3.68. The number of amides is 1. The Kier molecular flexibility index (Phi) is 4.70. The van der Waals surface area contributed by atoms with Gasteiger partial charge in [0.25, 0.3) is 5.91 Å². The minimum Gasteiger partial charge on any atom is -0.398 e. The number of benzene rings is 1. The molecular formula is C14H17F3N2OS. The summed E-state index contributed by atoms with van der Waals surface area (Å²) in [6.45, 7) is 0. The van der Waals surface area contributed by atoms with Crippen molar-refractivity contribution in [3.05, 3.63) is 29.3 Å². The molecular weight excluding hydrogens is 301 g/mol. The van der Waals surface area contributed by atoms with E-state index in [1.165, 1.54) is 0 Å². The molecule has 2 atom stereocenters. The highest BCUT2D eigenvalue weighted by molar-refractivity contribution is 7.99. The second-order valence-corrected chi connectivity index (χ2v) is 6.28. The lowest BCUT2D eigenvalue weighted by atomic mass is 10.1. The molecule has 0 saturated heterocycles. The average Bonchev–Trinajstić information content (AvgIpc) is 2.85. The monoisotopic (exact) mass is 318 g/mol. The number of alkyl halides is 3. The maximum atomic E-state index is 12.7. The van der Waals surface area contributed by atoms with Gasteiger partial charge in [-0.25, -0.2) is 0 Å². The largest absolute Gasteiger partial charge is 0.416 e. The second-order valence-electron chi connectivity index (χ2n) is 5.14. The number of carbonyl (C=O) groups excluding carboxylic acids is 1. The van der Waals surface area contributed by atoms with E-state index in [0.29, 0.717) is 5.25 Å². The first-order chi connectivity index (χ1) is 9.81. The van der Waals surface area contributed by atoms with E-state index < -0.39 is 17.6 Å². The molecule has 116 valence electrons. The van der Waals surface area contributed by atoms with Crippen LogP contribution >= 0.6 is 11.8 Å². The fourth-order valence-corrected chi connectivity index (χ4v) is 3.27. The van der Waals surface area contributed by atoms with E-state index in [0.717, 1.165) is 37.5 Å². The van der Waals surface area contributed by atoms with Crippen LogP contribution in [0.4, 0.5) is 18.9 Å². The highest BCUT2D eigenvalue weighted by Gasteiger charge is 2.32. The topological polar surface area (TPSA) is 55.1 Å². The van der Waals surface area contributed by atoms with Gasteiger partial charge < -0.3 is 11.1 Å². The molecule has 0 unspecified atom stereocenters. The molecule has 3 N–H and O–H groups in total. The van der Waals surface area contributed by atoms with Crippen molar-refractivity contribution in [3.8, 4) is 0 Å². The molecule has 7 heteroatoms. The number of anilines is 1. The van der Waals surface area contributed by atoms with Crippen LogP contribution in [0.2, 0.25) is 0 Å². The number of hydrogen-bond donors (Lipinski definition) is 2. The fraction of sp³-hybridized carbons (Fsp3) is 0.500. The van der Waals surface area contributed by atoms with E-state index in [1.807, 2.05) is 6.26 Å². The van der Waals surface area contributed by atoms with Gasteiger partial charge in [0.15, 0.2) is 0 Å². The molecule has 3 nitrogen and oxygen atoms in total. The van der Waals surface area contributed by atoms with Gasteiger partial charge in [-0.15, -0.1) is 0 Å². The summed E-state index contributed by atoms with van der Waals surface area (Å²) in [5.74, 6) is -0.537. The third kappa shape index (κ3) is 3.84. The SMILES string of the molecule is CS[C@H]1CC[C@H](NC(=O)c2cc(C(F)(F)F)ccc2N)C1. The molecule has 0 radical (unpaired) electrons. The summed E-state index contributed by atoms with van der Waals surface area (Å²) in [6.07, 6.45) is 0.214. The summed E-state index contributed by atoms with van der Waals surface area (Å²) in [5, 5.41) is 3.27. The lowest BCUT2D eigenvalue weighted by molar-refractivity contribution is -0.137. The molecule has 0 aromatic heterocycles. The number of nitrogen functional groups attached to an aromatic ring is 1. The highest BCUT2D eigenvalue weighted by atomic mass is 32.2. The Balaban J connectivity index is 2.12. The van der Waals surface area contributed by atoms with Gasteiger partial charge in [-0.05, 0) is 43.7 Å². The maximum absolute atomic E-state index is 12.7. The molecule has 0 heterocycles. The zero-order valence-corrected chi connectivity index (χ0v) is 12.4. The number of nitrogens with one attached hydrogen (secondary N) is 1. The Hall–Kier alpha value is -1.37. The number of rotatable bonds is 3. The first kappa shape index (κ1) is 16.0. The summed E-state index contributed by atoms with van der Waals surface area (Å²) in [4.78, 5) is 12.1. The summed E-state index contributed by atoms with van der Waals surface area (Å²) in [6, 6.07) is 2.82. The van der Waals surface area contributed by atoms with Gasteiger partial charge in [-0.3, -0.25) is 4.79 Å². The molecule has 21 heavy (non-hydrogen) atoms. The number of carbonyl (C=O) groups is 1. The smallest absolute Gasteiger partial charge is 0.398 e. The molecule has 1 aliphatic rings. The van der Waals surface area contributed by atoms with Crippen molar-refractivity contribution >= 4 is 23.4 Å². The molecule has 1 fully saturated rings. The minimum atomic E-state index is -4.49. The van der Waals surface area contributed by atoms with E-state index in [-0.39, 0.29) is 17.3 Å². The lowest BCUT2D eigenvalue weighted by Gasteiger charge is -2.15. The van der Waals surface area contributed by atoms with Crippen molar-refractivity contribution in [1.82, 2.24) is 5.32 Å². The molecule has 0 bridgehead atoms. The van der Waals surface area contributed by atoms with Gasteiger partial charge in [0.2, 0.25) is 0 Å². The van der Waals surface area contributed by atoms with Gasteiger partial charge in [0.1, 0.15) is 0 Å². The van der Waals surface area contributed by atoms with Crippen LogP contribution in [0.1, 0.15) is 35.2 Å². The van der Waals surface area contributed by atoms with Crippen molar-refractivity contribution in [3.63, 3.8) is 0 Å².